The van der Waals surface area contributed by atoms with Crippen LogP contribution >= 0.6 is 0 Å². The number of nitrogen functional groups attached to an aromatic ring is 1. The number of pyridine rings is 1. The Labute approximate surface area is 123 Å². The summed E-state index contributed by atoms with van der Waals surface area (Å²) < 4.78 is 13.9. The monoisotopic (exact) mass is 286 g/mol. The third-order valence-corrected chi connectivity index (χ3v) is 3.55. The van der Waals surface area contributed by atoms with Crippen molar-refractivity contribution in [1.29, 1.82) is 5.41 Å². The fourth-order valence-corrected chi connectivity index (χ4v) is 2.21. The smallest absolute Gasteiger partial charge is 0.129 e. The molecule has 1 heterocycles. The van der Waals surface area contributed by atoms with E-state index in [1.807, 2.05) is 31.9 Å². The molecule has 0 aliphatic carbocycles. The number of rotatable bonds is 4. The molecule has 0 saturated carbocycles. The summed E-state index contributed by atoms with van der Waals surface area (Å²) in [7, 11) is 1.85. The summed E-state index contributed by atoms with van der Waals surface area (Å²) in [6.07, 6.45) is 0. The van der Waals surface area contributed by atoms with Crippen LogP contribution in [0.5, 0.6) is 0 Å². The van der Waals surface area contributed by atoms with Crippen molar-refractivity contribution in [2.75, 3.05) is 11.9 Å². The van der Waals surface area contributed by atoms with Crippen molar-refractivity contribution in [2.45, 2.75) is 19.9 Å². The number of benzene rings is 1. The van der Waals surface area contributed by atoms with Crippen molar-refractivity contribution < 1.29 is 4.39 Å². The predicted molar refractivity (Wildman–Crippen MR) is 83.2 cm³/mol. The molecule has 0 aliphatic heterocycles. The molecule has 0 aliphatic rings. The lowest BCUT2D eigenvalue weighted by molar-refractivity contribution is 0.584. The van der Waals surface area contributed by atoms with Gasteiger partial charge in [-0.15, -0.1) is 0 Å². The first-order valence-electron chi connectivity index (χ1n) is 6.70. The van der Waals surface area contributed by atoms with Gasteiger partial charge in [-0.2, -0.15) is 0 Å². The Kier molecular flexibility index (Phi) is 4.21. The zero-order valence-electron chi connectivity index (χ0n) is 12.4. The minimum absolute atomic E-state index is 0.00584. The van der Waals surface area contributed by atoms with Gasteiger partial charge >= 0.3 is 0 Å². The van der Waals surface area contributed by atoms with Crippen molar-refractivity contribution >= 4 is 11.7 Å². The maximum atomic E-state index is 13.9. The average Bonchev–Trinajstić information content (AvgIpc) is 2.45. The molecule has 2 aromatic rings. The van der Waals surface area contributed by atoms with Gasteiger partial charge in [-0.1, -0.05) is 18.2 Å². The first-order chi connectivity index (χ1) is 9.90. The van der Waals surface area contributed by atoms with E-state index in [4.69, 9.17) is 11.1 Å². The molecule has 1 unspecified atom stereocenters. The number of aromatic nitrogens is 1. The number of hydrogen-bond acceptors (Lipinski definition) is 3. The minimum Gasteiger partial charge on any atom is -0.384 e. The van der Waals surface area contributed by atoms with Gasteiger partial charge in [-0.05, 0) is 32.0 Å². The standard InChI is InChI=1S/C16H19FN4/c1-10-8-12(16(18)19)9-15(20-10)21(3)11(2)13-6-4-5-7-14(13)17/h4-9,11H,1-3H3,(H3,18,19). The predicted octanol–water partition coefficient (Wildman–Crippen LogP) is 3.01. The second-order valence-electron chi connectivity index (χ2n) is 5.08. The topological polar surface area (TPSA) is 66.0 Å². The molecular formula is C16H19FN4. The van der Waals surface area contributed by atoms with Crippen LogP contribution in [0.25, 0.3) is 0 Å². The summed E-state index contributed by atoms with van der Waals surface area (Å²) in [5.41, 5.74) is 7.53. The third-order valence-electron chi connectivity index (χ3n) is 3.55. The molecule has 0 radical (unpaired) electrons. The fourth-order valence-electron chi connectivity index (χ4n) is 2.21. The highest BCUT2D eigenvalue weighted by atomic mass is 19.1. The number of nitrogens with one attached hydrogen (secondary N) is 1. The molecule has 0 fully saturated rings. The summed E-state index contributed by atoms with van der Waals surface area (Å²) >= 11 is 0. The normalized spacial score (nSPS) is 12.0. The number of nitrogens with zero attached hydrogens (tertiary/aromatic N) is 2. The van der Waals surface area contributed by atoms with Crippen molar-refractivity contribution in [1.82, 2.24) is 4.98 Å². The summed E-state index contributed by atoms with van der Waals surface area (Å²) in [6, 6.07) is 10.0. The van der Waals surface area contributed by atoms with Gasteiger partial charge in [-0.3, -0.25) is 5.41 Å². The molecule has 1 atom stereocenters. The third kappa shape index (κ3) is 3.18. The maximum Gasteiger partial charge on any atom is 0.129 e. The van der Waals surface area contributed by atoms with Crippen molar-refractivity contribution in [3.05, 3.63) is 59.0 Å². The Hall–Kier alpha value is -2.43. The Morgan fingerprint density at radius 3 is 2.62 bits per heavy atom. The second-order valence-corrected chi connectivity index (χ2v) is 5.08. The number of halogens is 1. The molecule has 2 rings (SSSR count). The van der Waals surface area contributed by atoms with Gasteiger partial charge in [-0.25, -0.2) is 9.37 Å². The van der Waals surface area contributed by atoms with Gasteiger partial charge in [0.15, 0.2) is 0 Å². The lowest BCUT2D eigenvalue weighted by atomic mass is 10.1. The van der Waals surface area contributed by atoms with E-state index in [1.165, 1.54) is 6.07 Å². The van der Waals surface area contributed by atoms with E-state index in [2.05, 4.69) is 4.98 Å². The van der Waals surface area contributed by atoms with E-state index < -0.39 is 0 Å². The van der Waals surface area contributed by atoms with Crippen molar-refractivity contribution in [2.24, 2.45) is 5.73 Å². The van der Waals surface area contributed by atoms with Crippen molar-refractivity contribution in [3.8, 4) is 0 Å². The highest BCUT2D eigenvalue weighted by Crippen LogP contribution is 2.26. The van der Waals surface area contributed by atoms with Crippen LogP contribution in [0.1, 0.15) is 29.8 Å². The summed E-state index contributed by atoms with van der Waals surface area (Å²) in [5.74, 6) is 0.418. The van der Waals surface area contributed by atoms with Crippen LogP contribution in [0.2, 0.25) is 0 Å². The molecule has 3 N–H and O–H groups in total. The highest BCUT2D eigenvalue weighted by Gasteiger charge is 2.17. The number of amidine groups is 1. The number of hydrogen-bond donors (Lipinski definition) is 2. The van der Waals surface area contributed by atoms with Crippen LogP contribution in [0, 0.1) is 18.2 Å². The lowest BCUT2D eigenvalue weighted by Crippen LogP contribution is -2.24. The molecule has 1 aromatic heterocycles. The van der Waals surface area contributed by atoms with E-state index in [-0.39, 0.29) is 17.7 Å². The zero-order chi connectivity index (χ0) is 15.6. The van der Waals surface area contributed by atoms with Crippen LogP contribution in [0.15, 0.2) is 36.4 Å². The van der Waals surface area contributed by atoms with Crippen LogP contribution in [-0.4, -0.2) is 17.9 Å². The minimum atomic E-state index is -0.240. The van der Waals surface area contributed by atoms with Crippen LogP contribution < -0.4 is 10.6 Å². The van der Waals surface area contributed by atoms with E-state index in [9.17, 15) is 4.39 Å². The number of nitrogens with two attached hydrogens (primary N) is 1. The van der Waals surface area contributed by atoms with Crippen LogP contribution in [-0.2, 0) is 0 Å². The van der Waals surface area contributed by atoms with E-state index in [0.717, 1.165) is 5.69 Å². The average molecular weight is 286 g/mol. The van der Waals surface area contributed by atoms with E-state index in [1.54, 1.807) is 24.3 Å². The summed E-state index contributed by atoms with van der Waals surface area (Å²) in [5, 5.41) is 7.55. The van der Waals surface area contributed by atoms with Gasteiger partial charge in [0.05, 0.1) is 6.04 Å². The first kappa shape index (κ1) is 15.0. The van der Waals surface area contributed by atoms with Gasteiger partial charge < -0.3 is 10.6 Å². The highest BCUT2D eigenvalue weighted by molar-refractivity contribution is 5.95. The Morgan fingerprint density at radius 1 is 1.33 bits per heavy atom. The maximum absolute atomic E-state index is 13.9. The fraction of sp³-hybridized carbons (Fsp3) is 0.250. The molecule has 1 aromatic carbocycles. The zero-order valence-corrected chi connectivity index (χ0v) is 12.4. The molecule has 0 amide bonds. The van der Waals surface area contributed by atoms with Gasteiger partial charge in [0.1, 0.15) is 17.5 Å². The molecule has 21 heavy (non-hydrogen) atoms. The second kappa shape index (κ2) is 5.91. The Balaban J connectivity index is 2.38. The van der Waals surface area contributed by atoms with Crippen LogP contribution in [0.3, 0.4) is 0 Å². The molecule has 0 spiro atoms. The van der Waals surface area contributed by atoms with Gasteiger partial charge in [0, 0.05) is 23.9 Å². The first-order valence-corrected chi connectivity index (χ1v) is 6.70. The van der Waals surface area contributed by atoms with Crippen molar-refractivity contribution in [3.63, 3.8) is 0 Å². The number of anilines is 1. The largest absolute Gasteiger partial charge is 0.384 e. The quantitative estimate of drug-likeness (QED) is 0.670. The molecule has 4 nitrogen and oxygen atoms in total. The van der Waals surface area contributed by atoms with Gasteiger partial charge in [0.2, 0.25) is 0 Å². The summed E-state index contributed by atoms with van der Waals surface area (Å²) in [4.78, 5) is 6.32. The molecule has 0 bridgehead atoms. The SMILES string of the molecule is Cc1cc(C(=N)N)cc(N(C)C(C)c2ccccc2F)n1. The Morgan fingerprint density at radius 2 is 2.00 bits per heavy atom. The summed E-state index contributed by atoms with van der Waals surface area (Å²) in [6.45, 7) is 3.76. The van der Waals surface area contributed by atoms with Gasteiger partial charge in [0.25, 0.3) is 0 Å². The molecule has 0 saturated heterocycles. The molecule has 110 valence electrons. The number of aryl methyl sites for hydroxylation is 1. The van der Waals surface area contributed by atoms with E-state index >= 15 is 0 Å². The lowest BCUT2D eigenvalue weighted by Gasteiger charge is -2.27. The molecule has 5 heteroatoms. The van der Waals surface area contributed by atoms with Crippen LogP contribution in [0.4, 0.5) is 10.2 Å². The van der Waals surface area contributed by atoms with E-state index in [0.29, 0.717) is 16.9 Å². The molecular weight excluding hydrogens is 267 g/mol. The Bertz CT molecular complexity index is 669.